The van der Waals surface area contributed by atoms with Crippen molar-refractivity contribution in [2.45, 2.75) is 25.1 Å². The molecule has 1 fully saturated rings. The van der Waals surface area contributed by atoms with E-state index in [9.17, 15) is 29.7 Å². The van der Waals surface area contributed by atoms with Crippen LogP contribution in [0.5, 0.6) is 11.5 Å². The van der Waals surface area contributed by atoms with Crippen molar-refractivity contribution >= 4 is 23.4 Å². The molecule has 0 spiro atoms. The third kappa shape index (κ3) is 1.79. The van der Waals surface area contributed by atoms with E-state index in [1.54, 1.807) is 0 Å². The van der Waals surface area contributed by atoms with Gasteiger partial charge >= 0.3 is 0 Å². The van der Waals surface area contributed by atoms with E-state index >= 15 is 0 Å². The van der Waals surface area contributed by atoms with Gasteiger partial charge in [0.1, 0.15) is 6.04 Å². The number of nitrogens with one attached hydrogen (secondary N) is 1. The molecule has 9 heteroatoms. The Bertz CT molecular complexity index is 716. The molecule has 6 N–H and O–H groups in total. The maximum atomic E-state index is 12.4. The van der Waals surface area contributed by atoms with Crippen LogP contribution in [0, 0.1) is 0 Å². The van der Waals surface area contributed by atoms with Crippen molar-refractivity contribution in [2.24, 2.45) is 0 Å². The first kappa shape index (κ1) is 14.1. The number of nitrogens with zero attached hydrogens (tertiary/aromatic N) is 1. The van der Waals surface area contributed by atoms with Gasteiger partial charge in [-0.3, -0.25) is 24.6 Å². The Labute approximate surface area is 123 Å². The summed E-state index contributed by atoms with van der Waals surface area (Å²) in [5.41, 5.74) is 5.19. The van der Waals surface area contributed by atoms with Gasteiger partial charge in [-0.2, -0.15) is 0 Å². The minimum Gasteiger partial charge on any atom is -0.504 e. The fraction of sp³-hybridized carbons (Fsp3) is 0.308. The van der Waals surface area contributed by atoms with Gasteiger partial charge in [-0.1, -0.05) is 0 Å². The number of hydrogen-bond acceptors (Lipinski definition) is 7. The number of nitrogens with two attached hydrogens (primary N) is 1. The molecule has 116 valence electrons. The zero-order valence-corrected chi connectivity index (χ0v) is 11.2. The van der Waals surface area contributed by atoms with Crippen molar-refractivity contribution in [1.82, 2.24) is 10.2 Å². The van der Waals surface area contributed by atoms with E-state index in [2.05, 4.69) is 5.32 Å². The predicted octanol–water partition coefficient (Wildman–Crippen LogP) is -1.07. The minimum atomic E-state index is -1.54. The second-order valence-corrected chi connectivity index (χ2v) is 5.18. The number of phenols is 2. The lowest BCUT2D eigenvalue weighted by Gasteiger charge is -2.31. The van der Waals surface area contributed by atoms with Crippen molar-refractivity contribution < 1.29 is 29.7 Å². The Morgan fingerprint density at radius 2 is 1.95 bits per heavy atom. The van der Waals surface area contributed by atoms with E-state index in [4.69, 9.17) is 5.73 Å². The summed E-state index contributed by atoms with van der Waals surface area (Å²) in [6.07, 6.45) is -1.47. The number of hydrogen-bond donors (Lipinski definition) is 5. The van der Waals surface area contributed by atoms with Crippen LogP contribution in [-0.4, -0.2) is 44.0 Å². The number of aliphatic hydroxyl groups is 1. The number of imide groups is 1. The number of fused-ring (bicyclic) bond motifs is 1. The fourth-order valence-electron chi connectivity index (χ4n) is 2.83. The Kier molecular flexibility index (Phi) is 2.96. The molecule has 2 unspecified atom stereocenters. The van der Waals surface area contributed by atoms with Gasteiger partial charge in [-0.05, 0) is 6.42 Å². The molecule has 2 atom stereocenters. The molecule has 1 aromatic carbocycles. The number of amides is 3. The molecule has 3 amide bonds. The van der Waals surface area contributed by atoms with Crippen LogP contribution in [0.25, 0.3) is 0 Å². The number of aliphatic hydroxyl groups excluding tert-OH is 1. The number of phenolic OH excluding ortho intramolecular Hbond substituents is 2. The van der Waals surface area contributed by atoms with Gasteiger partial charge in [0.05, 0.1) is 5.56 Å². The zero-order chi connectivity index (χ0) is 16.2. The molecule has 9 nitrogen and oxygen atoms in total. The highest BCUT2D eigenvalue weighted by molar-refractivity contribution is 6.08. The summed E-state index contributed by atoms with van der Waals surface area (Å²) < 4.78 is 0. The van der Waals surface area contributed by atoms with Crippen LogP contribution in [0.15, 0.2) is 6.07 Å². The number of anilines is 1. The monoisotopic (exact) mass is 307 g/mol. The number of nitrogen functional groups attached to an aromatic ring is 1. The van der Waals surface area contributed by atoms with Crippen LogP contribution < -0.4 is 11.1 Å². The largest absolute Gasteiger partial charge is 0.504 e. The third-order valence-electron chi connectivity index (χ3n) is 3.87. The fourth-order valence-corrected chi connectivity index (χ4v) is 2.83. The zero-order valence-electron chi connectivity index (χ0n) is 11.2. The first-order valence-corrected chi connectivity index (χ1v) is 6.51. The summed E-state index contributed by atoms with van der Waals surface area (Å²) in [6.45, 7) is 0. The smallest absolute Gasteiger partial charge is 0.261 e. The lowest BCUT2D eigenvalue weighted by atomic mass is 10.0. The van der Waals surface area contributed by atoms with Crippen molar-refractivity contribution in [3.8, 4) is 11.5 Å². The van der Waals surface area contributed by atoms with E-state index in [0.29, 0.717) is 0 Å². The van der Waals surface area contributed by atoms with Crippen LogP contribution >= 0.6 is 0 Å². The standard InChI is InChI=1S/C13H13N3O6/c14-4-3-6(17)10(19)9-8(4)12(21)16(13(9)22)5-1-2-7(18)15-11(5)20/h3,5,12,17,19,21H,1-2,14H2,(H,15,18,20). The summed E-state index contributed by atoms with van der Waals surface area (Å²) >= 11 is 0. The molecule has 0 aliphatic carbocycles. The lowest BCUT2D eigenvalue weighted by Crippen LogP contribution is -2.53. The highest BCUT2D eigenvalue weighted by Crippen LogP contribution is 2.46. The van der Waals surface area contributed by atoms with Gasteiger partial charge in [0, 0.05) is 23.7 Å². The molecule has 2 aliphatic rings. The first-order chi connectivity index (χ1) is 10.3. The van der Waals surface area contributed by atoms with E-state index < -0.39 is 41.5 Å². The van der Waals surface area contributed by atoms with Gasteiger partial charge < -0.3 is 21.1 Å². The van der Waals surface area contributed by atoms with Gasteiger partial charge in [0.2, 0.25) is 11.8 Å². The SMILES string of the molecule is Nc1cc(O)c(O)c2c1C(O)N(C1CCC(=O)NC1=O)C2=O. The van der Waals surface area contributed by atoms with Gasteiger partial charge in [-0.15, -0.1) is 0 Å². The Morgan fingerprint density at radius 1 is 1.27 bits per heavy atom. The van der Waals surface area contributed by atoms with Crippen LogP contribution in [0.3, 0.4) is 0 Å². The van der Waals surface area contributed by atoms with E-state index in [1.165, 1.54) is 0 Å². The number of rotatable bonds is 1. The summed E-state index contributed by atoms with van der Waals surface area (Å²) in [6, 6.07) is -0.0490. The van der Waals surface area contributed by atoms with Gasteiger partial charge in [0.15, 0.2) is 17.7 Å². The second kappa shape index (κ2) is 4.60. The van der Waals surface area contributed by atoms with Crippen molar-refractivity contribution in [3.63, 3.8) is 0 Å². The maximum Gasteiger partial charge on any atom is 0.261 e. The second-order valence-electron chi connectivity index (χ2n) is 5.18. The molecule has 0 radical (unpaired) electrons. The van der Waals surface area contributed by atoms with Gasteiger partial charge in [-0.25, -0.2) is 0 Å². The molecule has 0 saturated carbocycles. The Hall–Kier alpha value is -2.81. The topological polar surface area (TPSA) is 153 Å². The van der Waals surface area contributed by atoms with Crippen LogP contribution in [0.2, 0.25) is 0 Å². The van der Waals surface area contributed by atoms with Crippen LogP contribution in [0.1, 0.15) is 35.0 Å². The summed E-state index contributed by atoms with van der Waals surface area (Å²) in [7, 11) is 0. The van der Waals surface area contributed by atoms with E-state index in [1.807, 2.05) is 0 Å². The summed E-state index contributed by atoms with van der Waals surface area (Å²) in [4.78, 5) is 36.4. The highest BCUT2D eigenvalue weighted by atomic mass is 16.3. The lowest BCUT2D eigenvalue weighted by molar-refractivity contribution is -0.139. The highest BCUT2D eigenvalue weighted by Gasteiger charge is 2.47. The molecular weight excluding hydrogens is 294 g/mol. The van der Waals surface area contributed by atoms with Gasteiger partial charge in [0.25, 0.3) is 5.91 Å². The number of carbonyl (C=O) groups is 3. The maximum absolute atomic E-state index is 12.4. The first-order valence-electron chi connectivity index (χ1n) is 6.51. The molecule has 2 heterocycles. The molecule has 1 aromatic rings. The summed E-state index contributed by atoms with van der Waals surface area (Å²) in [5, 5.41) is 31.8. The number of carbonyl (C=O) groups excluding carboxylic acids is 3. The molecule has 1 saturated heterocycles. The molecule has 0 bridgehead atoms. The third-order valence-corrected chi connectivity index (χ3v) is 3.87. The van der Waals surface area contributed by atoms with E-state index in [0.717, 1.165) is 11.0 Å². The molecule has 2 aliphatic heterocycles. The average molecular weight is 307 g/mol. The Morgan fingerprint density at radius 3 is 2.59 bits per heavy atom. The molecular formula is C13H13N3O6. The quantitative estimate of drug-likeness (QED) is 0.192. The van der Waals surface area contributed by atoms with Crippen LogP contribution in [-0.2, 0) is 9.59 Å². The molecule has 0 aromatic heterocycles. The number of aromatic hydroxyl groups is 2. The van der Waals surface area contributed by atoms with Crippen molar-refractivity contribution in [2.75, 3.05) is 5.73 Å². The Balaban J connectivity index is 2.06. The molecule has 22 heavy (non-hydrogen) atoms. The molecule has 3 rings (SSSR count). The average Bonchev–Trinajstić information content (AvgIpc) is 2.69. The normalized spacial score (nSPS) is 24.4. The predicted molar refractivity (Wildman–Crippen MR) is 71.5 cm³/mol. The number of piperidine rings is 1. The number of benzene rings is 1. The van der Waals surface area contributed by atoms with Crippen molar-refractivity contribution in [1.29, 1.82) is 0 Å². The van der Waals surface area contributed by atoms with Crippen molar-refractivity contribution in [3.05, 3.63) is 17.2 Å². The summed E-state index contributed by atoms with van der Waals surface area (Å²) in [5.74, 6) is -3.30. The van der Waals surface area contributed by atoms with E-state index in [-0.39, 0.29) is 29.7 Å². The van der Waals surface area contributed by atoms with Crippen LogP contribution in [0.4, 0.5) is 5.69 Å². The minimum absolute atomic E-state index is 0.0238.